The Balaban J connectivity index is 1.50. The number of ether oxygens (including phenoxy) is 3. The number of esters is 2. The number of hydrogen-bond donors (Lipinski definition) is 0. The average Bonchev–Trinajstić information content (AvgIpc) is 3.39. The fourth-order valence-corrected chi connectivity index (χ4v) is 9.83. The van der Waals surface area contributed by atoms with Gasteiger partial charge in [-0.05, 0) is 111 Å². The first-order chi connectivity index (χ1) is 22.5. The monoisotopic (exact) mass is 672 g/mol. The molecule has 0 saturated heterocycles. The topological polar surface area (TPSA) is 61.8 Å². The van der Waals surface area contributed by atoms with Crippen LogP contribution in [0.1, 0.15) is 98.0 Å². The molecule has 3 aliphatic rings. The van der Waals surface area contributed by atoms with Crippen molar-refractivity contribution in [3.63, 3.8) is 0 Å². The summed E-state index contributed by atoms with van der Waals surface area (Å²) in [5.74, 6) is 0.226. The fourth-order valence-electron chi connectivity index (χ4n) is 9.83. The molecule has 4 rings (SSSR count). The van der Waals surface area contributed by atoms with Gasteiger partial charge in [-0.3, -0.25) is 4.79 Å². The molecule has 266 valence electrons. The molecule has 2 fully saturated rings. The molecule has 0 aliphatic heterocycles. The first kappa shape index (κ1) is 37.9. The van der Waals surface area contributed by atoms with Crippen molar-refractivity contribution in [1.29, 1.82) is 0 Å². The second kappa shape index (κ2) is 14.5. The molecular formula is C40H55F3O5. The molecule has 0 aromatic heterocycles. The Labute approximate surface area is 285 Å². The van der Waals surface area contributed by atoms with Crippen LogP contribution in [0, 0.1) is 40.4 Å². The molecule has 2 saturated carbocycles. The van der Waals surface area contributed by atoms with Crippen molar-refractivity contribution >= 4 is 11.9 Å². The fraction of sp³-hybridized carbons (Fsp3) is 0.650. The second-order valence-electron chi connectivity index (χ2n) is 15.3. The molecule has 0 bridgehead atoms. The van der Waals surface area contributed by atoms with Gasteiger partial charge >= 0.3 is 18.1 Å². The van der Waals surface area contributed by atoms with Crippen molar-refractivity contribution in [2.24, 2.45) is 40.4 Å². The van der Waals surface area contributed by atoms with E-state index in [1.165, 1.54) is 36.9 Å². The van der Waals surface area contributed by atoms with E-state index in [0.29, 0.717) is 48.5 Å². The maximum Gasteiger partial charge on any atom is 0.432 e. The lowest BCUT2D eigenvalue weighted by Crippen LogP contribution is -2.52. The van der Waals surface area contributed by atoms with Crippen molar-refractivity contribution < 1.29 is 37.0 Å². The number of fused-ring (bicyclic) bond motifs is 3. The summed E-state index contributed by atoms with van der Waals surface area (Å²) in [6, 6.07) is 6.91. The normalized spacial score (nSPS) is 30.9. The summed E-state index contributed by atoms with van der Waals surface area (Å²) in [4.78, 5) is 25.6. The molecule has 1 aromatic rings. The highest BCUT2D eigenvalue weighted by molar-refractivity contribution is 5.83. The van der Waals surface area contributed by atoms with E-state index >= 15 is 0 Å². The Kier molecular flexibility index (Phi) is 11.5. The molecule has 0 radical (unpaired) electrons. The molecule has 0 unspecified atom stereocenters. The Bertz CT molecular complexity index is 1380. The van der Waals surface area contributed by atoms with Gasteiger partial charge in [0.1, 0.15) is 6.10 Å². The lowest BCUT2D eigenvalue weighted by Gasteiger charge is -2.56. The third kappa shape index (κ3) is 6.80. The Morgan fingerprint density at radius 3 is 2.25 bits per heavy atom. The van der Waals surface area contributed by atoms with Crippen LogP contribution in [0.5, 0.6) is 0 Å². The molecule has 3 aliphatic carbocycles. The minimum Gasteiger partial charge on any atom is -0.469 e. The van der Waals surface area contributed by atoms with E-state index < -0.39 is 23.9 Å². The SMILES string of the molecule is C=C(C)[C@@H](CC[C@@H](C)[C@H]1CC[C@@]2(C)C3=CC[C@@H](C(=C)C)[C@](C)(CCC(=O)OC)[C@H]3CC[C@H]12)OC(=O)[C@@](OC)(c1ccccc1)C(F)(F)F. The number of halogens is 3. The van der Waals surface area contributed by atoms with Gasteiger partial charge in [0.2, 0.25) is 0 Å². The van der Waals surface area contributed by atoms with Gasteiger partial charge in [-0.15, -0.1) is 0 Å². The molecule has 8 heteroatoms. The Hall–Kier alpha value is -2.87. The van der Waals surface area contributed by atoms with E-state index in [-0.39, 0.29) is 28.3 Å². The quantitative estimate of drug-likeness (QED) is 0.154. The smallest absolute Gasteiger partial charge is 0.432 e. The highest BCUT2D eigenvalue weighted by atomic mass is 19.4. The molecule has 5 nitrogen and oxygen atoms in total. The van der Waals surface area contributed by atoms with Gasteiger partial charge in [0.25, 0.3) is 5.60 Å². The number of carbonyl (C=O) groups is 2. The van der Waals surface area contributed by atoms with Gasteiger partial charge in [0.05, 0.1) is 7.11 Å². The summed E-state index contributed by atoms with van der Waals surface area (Å²) in [6.07, 6.45) is 4.03. The lowest BCUT2D eigenvalue weighted by atomic mass is 9.48. The minimum atomic E-state index is -5.03. The summed E-state index contributed by atoms with van der Waals surface area (Å²) < 4.78 is 59.2. The molecule has 9 atom stereocenters. The van der Waals surface area contributed by atoms with Crippen molar-refractivity contribution in [3.05, 3.63) is 71.8 Å². The van der Waals surface area contributed by atoms with Crippen molar-refractivity contribution in [2.45, 2.75) is 110 Å². The molecule has 0 N–H and O–H groups in total. The van der Waals surface area contributed by atoms with Crippen molar-refractivity contribution in [2.75, 3.05) is 14.2 Å². The van der Waals surface area contributed by atoms with E-state index in [1.807, 2.05) is 0 Å². The minimum absolute atomic E-state index is 0.0507. The van der Waals surface area contributed by atoms with Crippen LogP contribution in [0.4, 0.5) is 13.2 Å². The maximum atomic E-state index is 14.5. The number of methoxy groups -OCH3 is 2. The number of rotatable bonds is 13. The highest BCUT2D eigenvalue weighted by Crippen LogP contribution is 2.67. The molecule has 48 heavy (non-hydrogen) atoms. The van der Waals surface area contributed by atoms with Crippen LogP contribution in [0.15, 0.2) is 66.3 Å². The predicted molar refractivity (Wildman–Crippen MR) is 182 cm³/mol. The number of benzene rings is 1. The Morgan fingerprint density at radius 1 is 1.02 bits per heavy atom. The van der Waals surface area contributed by atoms with Crippen LogP contribution in [0.2, 0.25) is 0 Å². The molecule has 0 heterocycles. The standard InChI is InChI=1S/C40H55F3O5/c1-25(2)30-16-18-33-32(37(30,6)24-22-35(44)46-8)19-17-31-29(21-23-38(31,33)7)27(5)15-20-34(26(3)4)48-36(45)39(47-9,40(41,42)43)28-13-11-10-12-14-28/h10-14,18,27,29-32,34H,1,3,15-17,19-24H2,2,4-9H3/t27-,29-,30+,31-,32+,34-,37+,38-,39+/m1/s1. The first-order valence-corrected chi connectivity index (χ1v) is 17.4. The summed E-state index contributed by atoms with van der Waals surface area (Å²) in [5, 5.41) is 0. The molecule has 1 aromatic carbocycles. The Morgan fingerprint density at radius 2 is 1.69 bits per heavy atom. The van der Waals surface area contributed by atoms with E-state index in [1.54, 1.807) is 13.0 Å². The second-order valence-corrected chi connectivity index (χ2v) is 15.3. The van der Waals surface area contributed by atoms with Gasteiger partial charge in [0.15, 0.2) is 0 Å². The van der Waals surface area contributed by atoms with Crippen molar-refractivity contribution in [1.82, 2.24) is 0 Å². The van der Waals surface area contributed by atoms with Gasteiger partial charge in [-0.2, -0.15) is 13.2 Å². The summed E-state index contributed by atoms with van der Waals surface area (Å²) >= 11 is 0. The average molecular weight is 673 g/mol. The third-order valence-electron chi connectivity index (χ3n) is 12.6. The van der Waals surface area contributed by atoms with E-state index in [2.05, 4.69) is 46.9 Å². The summed E-state index contributed by atoms with van der Waals surface area (Å²) in [5.41, 5.74) is -0.385. The number of allylic oxidation sites excluding steroid dienone is 3. The zero-order valence-corrected chi connectivity index (χ0v) is 29.9. The van der Waals surface area contributed by atoms with Gasteiger partial charge in [0, 0.05) is 19.1 Å². The molecule has 0 spiro atoms. The predicted octanol–water partition coefficient (Wildman–Crippen LogP) is 9.92. The lowest BCUT2D eigenvalue weighted by molar-refractivity contribution is -0.277. The maximum absolute atomic E-state index is 14.5. The summed E-state index contributed by atoms with van der Waals surface area (Å²) in [6.45, 7) is 19.1. The van der Waals surface area contributed by atoms with Crippen LogP contribution in [0.3, 0.4) is 0 Å². The van der Waals surface area contributed by atoms with Gasteiger partial charge in [-0.25, -0.2) is 4.79 Å². The van der Waals surface area contributed by atoms with E-state index in [9.17, 15) is 22.8 Å². The van der Waals surface area contributed by atoms with E-state index in [4.69, 9.17) is 14.2 Å². The number of alkyl halides is 3. The summed E-state index contributed by atoms with van der Waals surface area (Å²) in [7, 11) is 2.33. The van der Waals surface area contributed by atoms with Crippen LogP contribution in [-0.2, 0) is 29.4 Å². The van der Waals surface area contributed by atoms with Crippen LogP contribution in [-0.4, -0.2) is 38.4 Å². The number of carbonyl (C=O) groups excluding carboxylic acids is 2. The number of hydrogen-bond acceptors (Lipinski definition) is 5. The van der Waals surface area contributed by atoms with Gasteiger partial charge in [-0.1, -0.05) is 81.5 Å². The van der Waals surface area contributed by atoms with Gasteiger partial charge < -0.3 is 14.2 Å². The van der Waals surface area contributed by atoms with Crippen LogP contribution >= 0.6 is 0 Å². The zero-order chi connectivity index (χ0) is 35.7. The van der Waals surface area contributed by atoms with Crippen LogP contribution in [0.25, 0.3) is 0 Å². The molecule has 0 amide bonds. The molecular weight excluding hydrogens is 617 g/mol. The highest BCUT2D eigenvalue weighted by Gasteiger charge is 2.64. The van der Waals surface area contributed by atoms with Crippen LogP contribution < -0.4 is 0 Å². The third-order valence-corrected chi connectivity index (χ3v) is 12.6. The van der Waals surface area contributed by atoms with Crippen molar-refractivity contribution in [3.8, 4) is 0 Å². The largest absolute Gasteiger partial charge is 0.469 e. The van der Waals surface area contributed by atoms with E-state index in [0.717, 1.165) is 51.2 Å². The first-order valence-electron chi connectivity index (χ1n) is 17.4. The zero-order valence-electron chi connectivity index (χ0n) is 29.9.